The second kappa shape index (κ2) is 15.2. The van der Waals surface area contributed by atoms with Gasteiger partial charge in [0.2, 0.25) is 5.91 Å². The predicted molar refractivity (Wildman–Crippen MR) is 150 cm³/mol. The molecule has 3 aromatic rings. The van der Waals surface area contributed by atoms with Crippen LogP contribution in [0.4, 0.5) is 36.4 Å². The second-order valence-corrected chi connectivity index (χ2v) is 9.65. The molecule has 13 nitrogen and oxygen atoms in total. The molecule has 47 heavy (non-hydrogen) atoms. The number of alkyl halides is 7. The number of amides is 2. The van der Waals surface area contributed by atoms with Gasteiger partial charge in [0.15, 0.2) is 5.96 Å². The highest BCUT2D eigenvalue weighted by Gasteiger charge is 2.38. The van der Waals surface area contributed by atoms with Crippen LogP contribution in [0.2, 0.25) is 0 Å². The lowest BCUT2D eigenvalue weighted by atomic mass is 10.0. The quantitative estimate of drug-likeness (QED) is 0.154. The van der Waals surface area contributed by atoms with Crippen LogP contribution >= 0.6 is 0 Å². The van der Waals surface area contributed by atoms with Gasteiger partial charge in [0, 0.05) is 10.9 Å². The van der Waals surface area contributed by atoms with E-state index in [0.717, 1.165) is 31.4 Å². The van der Waals surface area contributed by atoms with Crippen LogP contribution in [0.3, 0.4) is 0 Å². The maximum Gasteiger partial charge on any atom is 0.490 e. The molecule has 1 aliphatic rings. The van der Waals surface area contributed by atoms with Gasteiger partial charge in [-0.1, -0.05) is 12.1 Å². The number of hydrogen-bond acceptors (Lipinski definition) is 9. The second-order valence-electron chi connectivity index (χ2n) is 9.65. The van der Waals surface area contributed by atoms with E-state index in [1.165, 1.54) is 18.3 Å². The summed E-state index contributed by atoms with van der Waals surface area (Å²) in [5.41, 5.74) is 0.509. The Kier molecular flexibility index (Phi) is 11.7. The molecule has 0 saturated heterocycles. The number of aliphatic imine (C=N–C) groups is 1. The smallest absolute Gasteiger partial charge is 0.475 e. The molecule has 0 fully saturated rings. The minimum atomic E-state index is -5.08. The van der Waals surface area contributed by atoms with Gasteiger partial charge < -0.3 is 31.1 Å². The van der Waals surface area contributed by atoms with Gasteiger partial charge in [-0.25, -0.2) is 14.2 Å². The maximum atomic E-state index is 13.4. The number of carbonyl (C=O) groups excluding carboxylic acids is 3. The van der Waals surface area contributed by atoms with Crippen molar-refractivity contribution in [1.29, 1.82) is 0 Å². The van der Waals surface area contributed by atoms with Crippen molar-refractivity contribution in [2.24, 2.45) is 4.99 Å². The summed E-state index contributed by atoms with van der Waals surface area (Å²) in [5.74, 6) is -4.43. The number of aliphatic carboxylic acids is 1. The number of rotatable bonds is 8. The van der Waals surface area contributed by atoms with Gasteiger partial charge >= 0.3 is 24.3 Å². The highest BCUT2D eigenvalue weighted by atomic mass is 19.4. The number of H-pyrrole nitrogens is 1. The van der Waals surface area contributed by atoms with Crippen molar-refractivity contribution in [3.63, 3.8) is 0 Å². The van der Waals surface area contributed by atoms with Crippen LogP contribution in [0.1, 0.15) is 33.9 Å². The van der Waals surface area contributed by atoms with Crippen LogP contribution in [0.15, 0.2) is 47.6 Å². The van der Waals surface area contributed by atoms with Crippen LogP contribution < -0.4 is 21.3 Å². The Balaban J connectivity index is 0.000000771. The molecule has 0 spiro atoms. The third kappa shape index (κ3) is 10.6. The molecule has 6 N–H and O–H groups in total. The fraction of sp³-hybridized carbons (Fsp3) is 0.333. The summed E-state index contributed by atoms with van der Waals surface area (Å²) in [4.78, 5) is 50.4. The molecule has 0 aliphatic carbocycles. The first-order valence-corrected chi connectivity index (χ1v) is 13.3. The molecule has 0 bridgehead atoms. The number of halogens is 7. The number of hydrogen-bond donors (Lipinski definition) is 6. The van der Waals surface area contributed by atoms with Gasteiger partial charge in [-0.2, -0.15) is 31.4 Å². The topological polar surface area (TPSA) is 187 Å². The minimum absolute atomic E-state index is 0.0113. The predicted octanol–water partition coefficient (Wildman–Crippen LogP) is 3.07. The fourth-order valence-electron chi connectivity index (χ4n) is 3.93. The van der Waals surface area contributed by atoms with E-state index in [-0.39, 0.29) is 30.6 Å². The number of ether oxygens (including phenoxy) is 1. The average molecular weight is 678 g/mol. The van der Waals surface area contributed by atoms with E-state index in [1.54, 1.807) is 0 Å². The van der Waals surface area contributed by atoms with Crippen LogP contribution in [-0.4, -0.2) is 84.1 Å². The molecule has 2 heterocycles. The molecular weight excluding hydrogens is 651 g/mol. The van der Waals surface area contributed by atoms with Crippen molar-refractivity contribution < 1.29 is 59.8 Å². The molecule has 2 amide bonds. The number of nitrogens with one attached hydrogen (secondary N) is 5. The van der Waals surface area contributed by atoms with Crippen LogP contribution in [0.5, 0.6) is 0 Å². The molecule has 1 unspecified atom stereocenters. The van der Waals surface area contributed by atoms with E-state index in [0.29, 0.717) is 22.5 Å². The van der Waals surface area contributed by atoms with Gasteiger partial charge in [0.05, 0.1) is 62.2 Å². The van der Waals surface area contributed by atoms with Gasteiger partial charge in [-0.05, 0) is 29.8 Å². The van der Waals surface area contributed by atoms with Crippen molar-refractivity contribution in [2.75, 3.05) is 32.1 Å². The van der Waals surface area contributed by atoms with E-state index in [9.17, 15) is 45.1 Å². The molecule has 254 valence electrons. The Morgan fingerprint density at radius 3 is 2.30 bits per heavy atom. The van der Waals surface area contributed by atoms with Crippen molar-refractivity contribution >= 4 is 46.3 Å². The Morgan fingerprint density at radius 1 is 1.09 bits per heavy atom. The maximum absolute atomic E-state index is 13.4. The van der Waals surface area contributed by atoms with Crippen molar-refractivity contribution in [2.45, 2.75) is 31.0 Å². The molecule has 20 heteroatoms. The fourth-order valence-corrected chi connectivity index (χ4v) is 3.93. The number of anilines is 1. The van der Waals surface area contributed by atoms with Gasteiger partial charge in [-0.3, -0.25) is 19.5 Å². The van der Waals surface area contributed by atoms with Crippen molar-refractivity contribution in [3.8, 4) is 0 Å². The summed E-state index contributed by atoms with van der Waals surface area (Å²) in [6.45, 7) is -0.422. The zero-order chi connectivity index (χ0) is 34.9. The number of methoxy groups -OCH3 is 1. The summed E-state index contributed by atoms with van der Waals surface area (Å²) < 4.78 is 88.5. The van der Waals surface area contributed by atoms with E-state index in [1.807, 2.05) is 0 Å². The van der Waals surface area contributed by atoms with E-state index < -0.39 is 60.4 Å². The highest BCUT2D eigenvalue weighted by Crippen LogP contribution is 2.30. The van der Waals surface area contributed by atoms with Crippen LogP contribution in [-0.2, 0) is 25.3 Å². The zero-order valence-electron chi connectivity index (χ0n) is 24.1. The first-order valence-electron chi connectivity index (χ1n) is 13.3. The van der Waals surface area contributed by atoms with Crippen LogP contribution in [0.25, 0.3) is 10.9 Å². The monoisotopic (exact) mass is 677 g/mol. The normalized spacial score (nSPS) is 15.2. The number of esters is 1. The van der Waals surface area contributed by atoms with Crippen LogP contribution in [0, 0.1) is 0 Å². The summed E-state index contributed by atoms with van der Waals surface area (Å²) in [5, 5.41) is 25.3. The minimum Gasteiger partial charge on any atom is -0.475 e. The molecule has 4 rings (SSSR count). The number of fused-ring (bicyclic) bond motifs is 1. The number of carbonyl (C=O) groups is 4. The number of carboxylic acid groups (broad SMARTS) is 1. The summed E-state index contributed by atoms with van der Waals surface area (Å²) in [6.07, 6.45) is -9.53. The standard InChI is InChI=1S/C25H25F4N7O4.C2HF3O2/c1-40-22(38)8-18(13-2-4-15(5-3-13)25(27,28)29)34-21(37)12-30-23(39)14-6-19(17-11-33-36-20(17)7-14)35-24-31-9-16(26)10-32-24;3-2(4,5)1(6)7/h2-7,11,16,18H,8-10,12H2,1H3,(H,30,39)(H,33,36)(H,34,37)(H2,31,32,35);(H,6,7)/t18-;/m0./s1. The average Bonchev–Trinajstić information content (AvgIpc) is 3.49. The number of aromatic nitrogens is 2. The molecule has 2 aromatic carbocycles. The zero-order valence-corrected chi connectivity index (χ0v) is 24.1. The number of carboxylic acids is 1. The van der Waals surface area contributed by atoms with Gasteiger partial charge in [0.1, 0.15) is 6.17 Å². The lowest BCUT2D eigenvalue weighted by Crippen LogP contribution is -2.41. The lowest BCUT2D eigenvalue weighted by Gasteiger charge is -2.20. The summed E-state index contributed by atoms with van der Waals surface area (Å²) in [7, 11) is 1.14. The Morgan fingerprint density at radius 2 is 1.74 bits per heavy atom. The number of nitrogens with zero attached hydrogens (tertiary/aromatic N) is 2. The Labute approximate surface area is 259 Å². The number of aromatic amines is 1. The van der Waals surface area contributed by atoms with E-state index >= 15 is 0 Å². The number of guanidine groups is 1. The third-order valence-electron chi connectivity index (χ3n) is 6.24. The Bertz CT molecular complexity index is 1620. The lowest BCUT2D eigenvalue weighted by molar-refractivity contribution is -0.192. The third-order valence-corrected chi connectivity index (χ3v) is 6.24. The van der Waals surface area contributed by atoms with E-state index in [2.05, 4.69) is 41.2 Å². The number of benzene rings is 2. The SMILES string of the molecule is COC(=O)C[C@H](NC(=O)CNC(=O)c1cc(NC2=NCC(F)CN2)c2cn[nH]c2c1)c1ccc(C(F)(F)F)cc1.O=C(O)C(F)(F)F. The van der Waals surface area contributed by atoms with Crippen molar-refractivity contribution in [1.82, 2.24) is 26.1 Å². The first kappa shape index (κ1) is 36.0. The molecule has 2 atom stereocenters. The molecular formula is C27H26F7N7O6. The molecule has 1 aromatic heterocycles. The summed E-state index contributed by atoms with van der Waals surface area (Å²) >= 11 is 0. The molecule has 0 radical (unpaired) electrons. The summed E-state index contributed by atoms with van der Waals surface area (Å²) in [6, 6.07) is 6.04. The van der Waals surface area contributed by atoms with Gasteiger partial charge in [0.25, 0.3) is 5.91 Å². The highest BCUT2D eigenvalue weighted by molar-refractivity contribution is 6.07. The largest absolute Gasteiger partial charge is 0.490 e. The van der Waals surface area contributed by atoms with E-state index in [4.69, 9.17) is 9.90 Å². The molecule has 0 saturated carbocycles. The molecule has 1 aliphatic heterocycles. The van der Waals surface area contributed by atoms with Crippen molar-refractivity contribution in [3.05, 3.63) is 59.3 Å². The first-order chi connectivity index (χ1) is 22.0. The van der Waals surface area contributed by atoms with Gasteiger partial charge in [-0.15, -0.1) is 0 Å². The Hall–Kier alpha value is -5.43.